The molecular formula is C22H21Cl2NO3. The fourth-order valence-electron chi connectivity index (χ4n) is 2.74. The maximum absolute atomic E-state index is 9.64. The first kappa shape index (κ1) is 20.2. The van der Waals surface area contributed by atoms with Crippen LogP contribution in [0.1, 0.15) is 16.7 Å². The molecule has 146 valence electrons. The Hall–Kier alpha value is -2.56. The van der Waals surface area contributed by atoms with E-state index in [0.29, 0.717) is 30.3 Å². The molecule has 0 unspecified atom stereocenters. The molecule has 28 heavy (non-hydrogen) atoms. The molecule has 0 bridgehead atoms. The van der Waals surface area contributed by atoms with Gasteiger partial charge in [-0.15, -0.1) is 0 Å². The lowest BCUT2D eigenvalue weighted by Crippen LogP contribution is -2.02. The van der Waals surface area contributed by atoms with Crippen LogP contribution >= 0.6 is 23.2 Å². The summed E-state index contributed by atoms with van der Waals surface area (Å²) >= 11 is 11.9. The van der Waals surface area contributed by atoms with Gasteiger partial charge >= 0.3 is 0 Å². The third-order valence-corrected chi connectivity index (χ3v) is 4.96. The van der Waals surface area contributed by atoms with Crippen LogP contribution in [-0.4, -0.2) is 12.2 Å². The third-order valence-electron chi connectivity index (χ3n) is 4.39. The van der Waals surface area contributed by atoms with E-state index in [2.05, 4.69) is 18.3 Å². The van der Waals surface area contributed by atoms with Crippen LogP contribution in [0.3, 0.4) is 0 Å². The van der Waals surface area contributed by atoms with E-state index >= 15 is 0 Å². The predicted molar refractivity (Wildman–Crippen MR) is 114 cm³/mol. The summed E-state index contributed by atoms with van der Waals surface area (Å²) in [5.74, 6) is 1.23. The molecule has 6 heteroatoms. The zero-order valence-corrected chi connectivity index (χ0v) is 17.1. The average molecular weight is 418 g/mol. The monoisotopic (exact) mass is 417 g/mol. The molecule has 0 heterocycles. The normalized spacial score (nSPS) is 10.6. The zero-order chi connectivity index (χ0) is 20.1. The molecule has 0 fully saturated rings. The predicted octanol–water partition coefficient (Wildman–Crippen LogP) is 6.21. The first-order valence-corrected chi connectivity index (χ1v) is 9.49. The number of benzene rings is 3. The molecule has 0 aliphatic carbocycles. The number of methoxy groups -OCH3 is 1. The van der Waals surface area contributed by atoms with Gasteiger partial charge in [-0.1, -0.05) is 53.5 Å². The van der Waals surface area contributed by atoms with Gasteiger partial charge in [0.15, 0.2) is 17.2 Å². The number of anilines is 1. The molecule has 0 saturated heterocycles. The lowest BCUT2D eigenvalue weighted by Gasteiger charge is -2.14. The minimum atomic E-state index is -0.120. The van der Waals surface area contributed by atoms with E-state index in [0.717, 1.165) is 11.1 Å². The minimum Gasteiger partial charge on any atom is -0.505 e. The summed E-state index contributed by atoms with van der Waals surface area (Å²) in [5, 5.41) is 13.3. The summed E-state index contributed by atoms with van der Waals surface area (Å²) < 4.78 is 11.4. The highest BCUT2D eigenvalue weighted by atomic mass is 35.5. The zero-order valence-electron chi connectivity index (χ0n) is 15.6. The van der Waals surface area contributed by atoms with Crippen LogP contribution in [-0.2, 0) is 13.2 Å². The van der Waals surface area contributed by atoms with E-state index in [4.69, 9.17) is 32.7 Å². The standard InChI is InChI=1S/C22H21Cl2NO3/c1-14-5-3-4-6-16(14)13-28-20-8-7-15(9-21(20)27-2)12-25-17-10-18(23)22(26)19(24)11-17/h3-11,25-26H,12-13H2,1-2H3. The van der Waals surface area contributed by atoms with E-state index < -0.39 is 0 Å². The van der Waals surface area contributed by atoms with Crippen molar-refractivity contribution in [3.05, 3.63) is 81.3 Å². The van der Waals surface area contributed by atoms with Crippen LogP contribution < -0.4 is 14.8 Å². The van der Waals surface area contributed by atoms with E-state index in [-0.39, 0.29) is 15.8 Å². The molecule has 4 nitrogen and oxygen atoms in total. The van der Waals surface area contributed by atoms with Crippen molar-refractivity contribution < 1.29 is 14.6 Å². The van der Waals surface area contributed by atoms with Gasteiger partial charge in [-0.25, -0.2) is 0 Å². The number of hydrogen-bond donors (Lipinski definition) is 2. The molecule has 0 radical (unpaired) electrons. The highest BCUT2D eigenvalue weighted by Crippen LogP contribution is 2.35. The SMILES string of the molecule is COc1cc(CNc2cc(Cl)c(O)c(Cl)c2)ccc1OCc1ccccc1C. The second-order valence-corrected chi connectivity index (χ2v) is 7.16. The molecule has 3 aromatic carbocycles. The number of ether oxygens (including phenoxy) is 2. The highest BCUT2D eigenvalue weighted by molar-refractivity contribution is 6.37. The number of nitrogens with one attached hydrogen (secondary N) is 1. The smallest absolute Gasteiger partial charge is 0.161 e. The summed E-state index contributed by atoms with van der Waals surface area (Å²) in [6.07, 6.45) is 0. The van der Waals surface area contributed by atoms with Crippen molar-refractivity contribution in [2.75, 3.05) is 12.4 Å². The Morgan fingerprint density at radius 1 is 0.964 bits per heavy atom. The first-order valence-electron chi connectivity index (χ1n) is 8.74. The summed E-state index contributed by atoms with van der Waals surface area (Å²) in [5.41, 5.74) is 4.04. The summed E-state index contributed by atoms with van der Waals surface area (Å²) in [6, 6.07) is 17.1. The molecule has 3 aromatic rings. The number of phenolic OH excluding ortho intramolecular Hbond substituents is 1. The Kier molecular flexibility index (Phi) is 6.55. The van der Waals surface area contributed by atoms with Crippen molar-refractivity contribution in [1.29, 1.82) is 0 Å². The van der Waals surface area contributed by atoms with Crippen LogP contribution in [0, 0.1) is 6.92 Å². The van der Waals surface area contributed by atoms with Gasteiger partial charge in [-0.05, 0) is 47.9 Å². The summed E-state index contributed by atoms with van der Waals surface area (Å²) in [6.45, 7) is 3.07. The van der Waals surface area contributed by atoms with E-state index in [1.165, 1.54) is 5.56 Å². The highest BCUT2D eigenvalue weighted by Gasteiger charge is 2.09. The molecule has 0 aliphatic rings. The second kappa shape index (κ2) is 9.09. The first-order chi connectivity index (χ1) is 13.5. The van der Waals surface area contributed by atoms with Crippen LogP contribution in [0.4, 0.5) is 5.69 Å². The number of phenols is 1. The van der Waals surface area contributed by atoms with Crippen LogP contribution in [0.15, 0.2) is 54.6 Å². The lowest BCUT2D eigenvalue weighted by molar-refractivity contribution is 0.283. The van der Waals surface area contributed by atoms with Gasteiger partial charge in [0.2, 0.25) is 0 Å². The van der Waals surface area contributed by atoms with Gasteiger partial charge in [-0.3, -0.25) is 0 Å². The molecule has 0 saturated carbocycles. The van der Waals surface area contributed by atoms with Gasteiger partial charge < -0.3 is 19.9 Å². The molecule has 0 spiro atoms. The Bertz CT molecular complexity index is 953. The van der Waals surface area contributed by atoms with Crippen LogP contribution in [0.2, 0.25) is 10.0 Å². The fraction of sp³-hybridized carbons (Fsp3) is 0.182. The Labute approximate surface area is 174 Å². The van der Waals surface area contributed by atoms with Crippen LogP contribution in [0.5, 0.6) is 17.2 Å². The number of aryl methyl sites for hydroxylation is 1. The molecule has 3 rings (SSSR count). The van der Waals surface area contributed by atoms with Gasteiger partial charge in [0, 0.05) is 12.2 Å². The Morgan fingerprint density at radius 2 is 1.68 bits per heavy atom. The van der Waals surface area contributed by atoms with Gasteiger partial charge in [0.05, 0.1) is 17.2 Å². The average Bonchev–Trinajstić information content (AvgIpc) is 2.70. The number of halogens is 2. The van der Waals surface area contributed by atoms with Gasteiger partial charge in [0.25, 0.3) is 0 Å². The Balaban J connectivity index is 1.68. The molecule has 0 amide bonds. The molecule has 0 aromatic heterocycles. The van der Waals surface area contributed by atoms with Crippen molar-refractivity contribution in [3.8, 4) is 17.2 Å². The van der Waals surface area contributed by atoms with Gasteiger partial charge in [0.1, 0.15) is 6.61 Å². The topological polar surface area (TPSA) is 50.7 Å². The summed E-state index contributed by atoms with van der Waals surface area (Å²) in [4.78, 5) is 0. The maximum Gasteiger partial charge on any atom is 0.161 e. The van der Waals surface area contributed by atoms with Crippen molar-refractivity contribution in [2.24, 2.45) is 0 Å². The molecule has 0 atom stereocenters. The molecular weight excluding hydrogens is 397 g/mol. The molecule has 2 N–H and O–H groups in total. The van der Waals surface area contributed by atoms with Crippen molar-refractivity contribution in [2.45, 2.75) is 20.1 Å². The van der Waals surface area contributed by atoms with Crippen molar-refractivity contribution in [1.82, 2.24) is 0 Å². The summed E-state index contributed by atoms with van der Waals surface area (Å²) in [7, 11) is 1.62. The second-order valence-electron chi connectivity index (χ2n) is 6.34. The van der Waals surface area contributed by atoms with E-state index in [1.807, 2.05) is 36.4 Å². The maximum atomic E-state index is 9.64. The minimum absolute atomic E-state index is 0.120. The number of hydrogen-bond acceptors (Lipinski definition) is 4. The lowest BCUT2D eigenvalue weighted by atomic mass is 10.1. The third kappa shape index (κ3) is 4.83. The number of aromatic hydroxyl groups is 1. The van der Waals surface area contributed by atoms with E-state index in [9.17, 15) is 5.11 Å². The fourth-order valence-corrected chi connectivity index (χ4v) is 3.23. The Morgan fingerprint density at radius 3 is 2.36 bits per heavy atom. The largest absolute Gasteiger partial charge is 0.505 e. The quantitative estimate of drug-likeness (QED) is 0.448. The van der Waals surface area contributed by atoms with Crippen molar-refractivity contribution in [3.63, 3.8) is 0 Å². The van der Waals surface area contributed by atoms with E-state index in [1.54, 1.807) is 19.2 Å². The molecule has 0 aliphatic heterocycles. The van der Waals surface area contributed by atoms with Gasteiger partial charge in [-0.2, -0.15) is 0 Å². The van der Waals surface area contributed by atoms with Crippen LogP contribution in [0.25, 0.3) is 0 Å². The number of rotatable bonds is 7. The van der Waals surface area contributed by atoms with Crippen molar-refractivity contribution >= 4 is 28.9 Å².